The molecule has 0 aliphatic carbocycles. The summed E-state index contributed by atoms with van der Waals surface area (Å²) in [7, 11) is 3.01. The molecular formula is C16H14FN5O2. The SMILES string of the molecule is Cc1cn2c3c(=O)n(C)c(=O)n(C)c3nc2n1-c1ccc(F)cc1. The van der Waals surface area contributed by atoms with Crippen molar-refractivity contribution < 1.29 is 4.39 Å². The van der Waals surface area contributed by atoms with Crippen molar-refractivity contribution in [3.8, 4) is 5.69 Å². The topological polar surface area (TPSA) is 66.2 Å². The van der Waals surface area contributed by atoms with Crippen LogP contribution >= 0.6 is 0 Å². The van der Waals surface area contributed by atoms with E-state index in [0.717, 1.165) is 15.9 Å². The Hall–Kier alpha value is -3.16. The Morgan fingerprint density at radius 3 is 2.38 bits per heavy atom. The lowest BCUT2D eigenvalue weighted by molar-refractivity contribution is 0.627. The van der Waals surface area contributed by atoms with Crippen LogP contribution in [-0.4, -0.2) is 23.1 Å². The van der Waals surface area contributed by atoms with Crippen LogP contribution in [0.1, 0.15) is 5.69 Å². The van der Waals surface area contributed by atoms with Gasteiger partial charge in [0.1, 0.15) is 5.82 Å². The summed E-state index contributed by atoms with van der Waals surface area (Å²) < 4.78 is 19.1. The van der Waals surface area contributed by atoms with Gasteiger partial charge in [-0.15, -0.1) is 0 Å². The number of aryl methyl sites for hydroxylation is 2. The summed E-state index contributed by atoms with van der Waals surface area (Å²) in [6.45, 7) is 1.87. The van der Waals surface area contributed by atoms with E-state index in [0.29, 0.717) is 16.9 Å². The van der Waals surface area contributed by atoms with Crippen LogP contribution in [-0.2, 0) is 14.1 Å². The van der Waals surface area contributed by atoms with Gasteiger partial charge in [-0.1, -0.05) is 0 Å². The van der Waals surface area contributed by atoms with Crippen LogP contribution in [0.3, 0.4) is 0 Å². The summed E-state index contributed by atoms with van der Waals surface area (Å²) >= 11 is 0. The van der Waals surface area contributed by atoms with Crippen LogP contribution < -0.4 is 11.2 Å². The molecule has 0 saturated carbocycles. The molecule has 122 valence electrons. The Balaban J connectivity index is 2.19. The van der Waals surface area contributed by atoms with E-state index in [2.05, 4.69) is 4.98 Å². The van der Waals surface area contributed by atoms with Crippen molar-refractivity contribution in [2.45, 2.75) is 6.92 Å². The van der Waals surface area contributed by atoms with Crippen LogP contribution in [0.2, 0.25) is 0 Å². The van der Waals surface area contributed by atoms with Gasteiger partial charge in [0.15, 0.2) is 11.2 Å². The first-order chi connectivity index (χ1) is 11.4. The molecule has 0 aliphatic heterocycles. The summed E-state index contributed by atoms with van der Waals surface area (Å²) in [5.41, 5.74) is 1.37. The molecule has 0 radical (unpaired) electrons. The number of hydrogen-bond donors (Lipinski definition) is 0. The van der Waals surface area contributed by atoms with Crippen LogP contribution in [0.5, 0.6) is 0 Å². The molecule has 0 atom stereocenters. The van der Waals surface area contributed by atoms with E-state index in [9.17, 15) is 14.0 Å². The zero-order valence-electron chi connectivity index (χ0n) is 13.3. The van der Waals surface area contributed by atoms with Crippen LogP contribution in [0, 0.1) is 12.7 Å². The number of fused-ring (bicyclic) bond motifs is 3. The largest absolute Gasteiger partial charge is 0.332 e. The molecule has 3 heterocycles. The van der Waals surface area contributed by atoms with Gasteiger partial charge < -0.3 is 0 Å². The molecule has 0 saturated heterocycles. The fourth-order valence-electron chi connectivity index (χ4n) is 2.99. The predicted molar refractivity (Wildman–Crippen MR) is 87.2 cm³/mol. The van der Waals surface area contributed by atoms with Crippen molar-refractivity contribution in [1.82, 2.24) is 23.1 Å². The maximum Gasteiger partial charge on any atom is 0.332 e. The van der Waals surface area contributed by atoms with Crippen molar-refractivity contribution in [1.29, 1.82) is 0 Å². The van der Waals surface area contributed by atoms with E-state index in [1.165, 1.54) is 23.7 Å². The van der Waals surface area contributed by atoms with Gasteiger partial charge in [-0.25, -0.2) is 9.18 Å². The second-order valence-electron chi connectivity index (χ2n) is 5.74. The Kier molecular flexibility index (Phi) is 2.81. The lowest BCUT2D eigenvalue weighted by atomic mass is 10.3. The van der Waals surface area contributed by atoms with Gasteiger partial charge in [-0.3, -0.25) is 22.9 Å². The highest BCUT2D eigenvalue weighted by Crippen LogP contribution is 2.20. The van der Waals surface area contributed by atoms with Crippen LogP contribution in [0.15, 0.2) is 40.1 Å². The molecule has 0 aliphatic rings. The van der Waals surface area contributed by atoms with E-state index >= 15 is 0 Å². The minimum absolute atomic E-state index is 0.314. The molecule has 0 amide bonds. The van der Waals surface area contributed by atoms with E-state index in [1.54, 1.807) is 29.8 Å². The molecule has 0 spiro atoms. The van der Waals surface area contributed by atoms with Gasteiger partial charge in [0.25, 0.3) is 5.56 Å². The second-order valence-corrected chi connectivity index (χ2v) is 5.74. The quantitative estimate of drug-likeness (QED) is 0.526. The average Bonchev–Trinajstić information content (AvgIpc) is 3.06. The second kappa shape index (κ2) is 4.67. The van der Waals surface area contributed by atoms with Crippen LogP contribution in [0.4, 0.5) is 4.39 Å². The highest BCUT2D eigenvalue weighted by Gasteiger charge is 2.19. The highest BCUT2D eigenvalue weighted by molar-refractivity contribution is 5.76. The number of imidazole rings is 2. The smallest absolute Gasteiger partial charge is 0.283 e. The molecule has 0 bridgehead atoms. The standard InChI is InChI=1S/C16H14FN5O2/c1-9-8-21-12-13(19(2)16(24)20(3)14(12)23)18-15(21)22(9)11-6-4-10(17)5-7-11/h4-8H,1-3H3. The summed E-state index contributed by atoms with van der Waals surface area (Å²) in [5.74, 6) is 0.164. The third-order valence-corrected chi connectivity index (χ3v) is 4.23. The Labute approximate surface area is 134 Å². The number of hydrogen-bond acceptors (Lipinski definition) is 3. The summed E-state index contributed by atoms with van der Waals surface area (Å²) in [5, 5.41) is 0. The molecule has 7 nitrogen and oxygen atoms in total. The molecular weight excluding hydrogens is 313 g/mol. The summed E-state index contributed by atoms with van der Waals surface area (Å²) in [6.07, 6.45) is 1.78. The number of halogens is 1. The average molecular weight is 327 g/mol. The lowest BCUT2D eigenvalue weighted by Crippen LogP contribution is -2.37. The Morgan fingerprint density at radius 2 is 1.71 bits per heavy atom. The minimum Gasteiger partial charge on any atom is -0.283 e. The number of nitrogens with zero attached hydrogens (tertiary/aromatic N) is 5. The monoisotopic (exact) mass is 327 g/mol. The third-order valence-electron chi connectivity index (χ3n) is 4.23. The van der Waals surface area contributed by atoms with E-state index < -0.39 is 11.2 Å². The molecule has 3 aromatic heterocycles. The van der Waals surface area contributed by atoms with E-state index in [4.69, 9.17) is 0 Å². The zero-order valence-corrected chi connectivity index (χ0v) is 13.3. The number of rotatable bonds is 1. The maximum atomic E-state index is 13.2. The predicted octanol–water partition coefficient (Wildman–Crippen LogP) is 1.12. The van der Waals surface area contributed by atoms with Crippen molar-refractivity contribution in [3.63, 3.8) is 0 Å². The first kappa shape index (κ1) is 14.4. The summed E-state index contributed by atoms with van der Waals surface area (Å²) in [4.78, 5) is 29.1. The normalized spacial score (nSPS) is 11.7. The van der Waals surface area contributed by atoms with Crippen molar-refractivity contribution in [2.75, 3.05) is 0 Å². The van der Waals surface area contributed by atoms with Crippen molar-refractivity contribution >= 4 is 16.9 Å². The van der Waals surface area contributed by atoms with Gasteiger partial charge in [0.2, 0.25) is 5.78 Å². The lowest BCUT2D eigenvalue weighted by Gasteiger charge is -2.05. The summed E-state index contributed by atoms with van der Waals surface area (Å²) in [6, 6.07) is 6.00. The molecule has 8 heteroatoms. The molecule has 0 unspecified atom stereocenters. The van der Waals surface area contributed by atoms with Crippen LogP contribution in [0.25, 0.3) is 22.6 Å². The fourth-order valence-corrected chi connectivity index (χ4v) is 2.99. The van der Waals surface area contributed by atoms with Gasteiger partial charge >= 0.3 is 5.69 Å². The van der Waals surface area contributed by atoms with Crippen molar-refractivity contribution in [3.05, 3.63) is 62.8 Å². The molecule has 1 aromatic carbocycles. The molecule has 4 rings (SSSR count). The van der Waals surface area contributed by atoms with Gasteiger partial charge in [-0.2, -0.15) is 4.98 Å². The Bertz CT molecular complexity index is 1220. The first-order valence-electron chi connectivity index (χ1n) is 7.32. The van der Waals surface area contributed by atoms with Gasteiger partial charge in [-0.05, 0) is 31.2 Å². The molecule has 0 N–H and O–H groups in total. The first-order valence-corrected chi connectivity index (χ1v) is 7.32. The van der Waals surface area contributed by atoms with Crippen molar-refractivity contribution in [2.24, 2.45) is 14.1 Å². The maximum absolute atomic E-state index is 13.2. The van der Waals surface area contributed by atoms with E-state index in [1.807, 2.05) is 11.5 Å². The molecule has 0 fully saturated rings. The third kappa shape index (κ3) is 1.73. The number of benzene rings is 1. The van der Waals surface area contributed by atoms with Gasteiger partial charge in [0, 0.05) is 31.7 Å². The minimum atomic E-state index is -0.432. The molecule has 4 aromatic rings. The van der Waals surface area contributed by atoms with Gasteiger partial charge in [0.05, 0.1) is 0 Å². The van der Waals surface area contributed by atoms with E-state index in [-0.39, 0.29) is 5.82 Å². The number of aromatic nitrogens is 5. The fraction of sp³-hybridized carbons (Fsp3) is 0.188. The zero-order chi connectivity index (χ0) is 17.2. The Morgan fingerprint density at radius 1 is 1.04 bits per heavy atom. The molecule has 24 heavy (non-hydrogen) atoms. The highest BCUT2D eigenvalue weighted by atomic mass is 19.1.